The minimum atomic E-state index is -0.0566. The molecule has 4 heterocycles. The van der Waals surface area contributed by atoms with E-state index in [4.69, 9.17) is 4.98 Å². The molecular weight excluding hydrogens is 368 g/mol. The number of aromatic amines is 1. The van der Waals surface area contributed by atoms with Gasteiger partial charge in [-0.25, -0.2) is 14.5 Å². The zero-order valence-corrected chi connectivity index (χ0v) is 15.9. The van der Waals surface area contributed by atoms with Gasteiger partial charge in [-0.05, 0) is 30.0 Å². The van der Waals surface area contributed by atoms with Crippen molar-refractivity contribution in [3.05, 3.63) is 41.6 Å². The summed E-state index contributed by atoms with van der Waals surface area (Å²) >= 11 is 0. The van der Waals surface area contributed by atoms with Crippen molar-refractivity contribution in [2.75, 3.05) is 10.9 Å². The van der Waals surface area contributed by atoms with Crippen molar-refractivity contribution in [1.29, 1.82) is 0 Å². The van der Waals surface area contributed by atoms with Crippen LogP contribution in [-0.4, -0.2) is 35.5 Å². The van der Waals surface area contributed by atoms with E-state index < -0.39 is 0 Å². The van der Waals surface area contributed by atoms with E-state index in [1.165, 1.54) is 0 Å². The predicted molar refractivity (Wildman–Crippen MR) is 108 cm³/mol. The number of H-pyrrole nitrogens is 1. The lowest BCUT2D eigenvalue weighted by atomic mass is 9.76. The van der Waals surface area contributed by atoms with Gasteiger partial charge in [0.25, 0.3) is 0 Å². The van der Waals surface area contributed by atoms with Gasteiger partial charge in [-0.3, -0.25) is 15.6 Å². The topological polar surface area (TPSA) is 113 Å². The molecule has 1 aliphatic heterocycles. The van der Waals surface area contributed by atoms with E-state index >= 15 is 0 Å². The maximum atomic E-state index is 12.6. The van der Waals surface area contributed by atoms with Gasteiger partial charge in [-0.15, -0.1) is 10.2 Å². The standard InChI is InChI=1S/C20H18N8O/c1-20(2)8-14-10(15(29)9-20)7-13(21-14)17-25-27-19-26-24-16-18(28(17)19)23-12-6-4-3-5-11(12)22-16/h3-7,21H,8-9H2,1-2H3,(H,22,24)(H,26,27). The fourth-order valence-corrected chi connectivity index (χ4v) is 4.16. The van der Waals surface area contributed by atoms with Gasteiger partial charge in [0, 0.05) is 17.7 Å². The first kappa shape index (κ1) is 16.2. The summed E-state index contributed by atoms with van der Waals surface area (Å²) in [5.74, 6) is 2.45. The number of benzene rings is 1. The maximum Gasteiger partial charge on any atom is 0.249 e. The van der Waals surface area contributed by atoms with E-state index in [1.807, 2.05) is 34.9 Å². The van der Waals surface area contributed by atoms with Crippen molar-refractivity contribution in [1.82, 2.24) is 29.7 Å². The van der Waals surface area contributed by atoms with Crippen molar-refractivity contribution in [3.8, 4) is 17.3 Å². The van der Waals surface area contributed by atoms with Crippen molar-refractivity contribution in [2.45, 2.75) is 26.7 Å². The van der Waals surface area contributed by atoms with Crippen molar-refractivity contribution >= 4 is 28.6 Å². The lowest BCUT2D eigenvalue weighted by molar-refractivity contribution is 0.0912. The van der Waals surface area contributed by atoms with E-state index in [0.29, 0.717) is 29.8 Å². The normalized spacial score (nSPS) is 16.6. The molecule has 0 bridgehead atoms. The molecule has 2 aliphatic rings. The number of hydrazine groups is 1. The van der Waals surface area contributed by atoms with Crippen LogP contribution in [0.1, 0.15) is 36.3 Å². The summed E-state index contributed by atoms with van der Waals surface area (Å²) in [6.07, 6.45) is 1.36. The Hall–Kier alpha value is -3.75. The number of carbonyl (C=O) groups excluding carboxylic acids is 1. The number of rotatable bonds is 1. The highest BCUT2D eigenvalue weighted by atomic mass is 16.1. The Morgan fingerprint density at radius 3 is 2.66 bits per heavy atom. The number of hydrogen-bond acceptors (Lipinski definition) is 7. The van der Waals surface area contributed by atoms with Crippen LogP contribution in [-0.2, 0) is 6.42 Å². The van der Waals surface area contributed by atoms with Crippen molar-refractivity contribution in [2.24, 2.45) is 5.41 Å². The van der Waals surface area contributed by atoms with Gasteiger partial charge in [0.05, 0.1) is 16.7 Å². The van der Waals surface area contributed by atoms with E-state index in [9.17, 15) is 4.79 Å². The highest BCUT2D eigenvalue weighted by Gasteiger charge is 2.34. The first-order chi connectivity index (χ1) is 14.0. The Balaban J connectivity index is 1.53. The Labute approximate surface area is 165 Å². The molecule has 0 amide bonds. The molecule has 0 saturated carbocycles. The number of Topliss-reactive ketones (excluding diaryl/α,β-unsaturated/α-hetero) is 1. The average Bonchev–Trinajstić information content (AvgIpc) is 3.29. The zero-order chi connectivity index (χ0) is 19.8. The van der Waals surface area contributed by atoms with Gasteiger partial charge < -0.3 is 4.98 Å². The number of anilines is 2. The Morgan fingerprint density at radius 2 is 1.83 bits per heavy atom. The fraction of sp³-hybridized carbons (Fsp3) is 0.250. The van der Waals surface area contributed by atoms with E-state index in [1.54, 1.807) is 0 Å². The van der Waals surface area contributed by atoms with Gasteiger partial charge in [0.2, 0.25) is 5.95 Å². The average molecular weight is 386 g/mol. The Bertz CT molecular complexity index is 1320. The number of ketones is 1. The molecule has 0 saturated heterocycles. The minimum absolute atomic E-state index is 0.0566. The minimum Gasteiger partial charge on any atom is -0.355 e. The molecule has 0 radical (unpaired) electrons. The maximum absolute atomic E-state index is 12.6. The molecule has 9 nitrogen and oxygen atoms in total. The van der Waals surface area contributed by atoms with Crippen LogP contribution in [0.2, 0.25) is 0 Å². The van der Waals surface area contributed by atoms with Crippen molar-refractivity contribution < 1.29 is 4.79 Å². The van der Waals surface area contributed by atoms with Crippen LogP contribution in [0.5, 0.6) is 0 Å². The van der Waals surface area contributed by atoms with E-state index in [2.05, 4.69) is 44.9 Å². The second-order valence-corrected chi connectivity index (χ2v) is 8.33. The van der Waals surface area contributed by atoms with Crippen LogP contribution in [0, 0.1) is 5.41 Å². The molecule has 3 N–H and O–H groups in total. The second-order valence-electron chi connectivity index (χ2n) is 8.33. The highest BCUT2D eigenvalue weighted by Crippen LogP contribution is 2.37. The molecule has 0 spiro atoms. The number of aromatic nitrogens is 6. The number of fused-ring (bicyclic) bond motifs is 5. The lowest BCUT2D eigenvalue weighted by Crippen LogP contribution is -2.26. The zero-order valence-electron chi connectivity index (χ0n) is 15.9. The third kappa shape index (κ3) is 2.36. The summed E-state index contributed by atoms with van der Waals surface area (Å²) in [5.41, 5.74) is 9.99. The molecule has 0 fully saturated rings. The molecule has 9 heteroatoms. The van der Waals surface area contributed by atoms with Gasteiger partial charge in [-0.2, -0.15) is 0 Å². The van der Waals surface area contributed by atoms with E-state index in [0.717, 1.165) is 34.4 Å². The summed E-state index contributed by atoms with van der Waals surface area (Å²) in [6, 6.07) is 9.57. The van der Waals surface area contributed by atoms with Crippen LogP contribution < -0.4 is 10.9 Å². The third-order valence-corrected chi connectivity index (χ3v) is 5.45. The Morgan fingerprint density at radius 1 is 1.03 bits per heavy atom. The molecule has 0 atom stereocenters. The fourth-order valence-electron chi connectivity index (χ4n) is 4.16. The van der Waals surface area contributed by atoms with Gasteiger partial charge in [0.15, 0.2) is 23.2 Å². The molecule has 6 rings (SSSR count). The molecule has 144 valence electrons. The van der Waals surface area contributed by atoms with Gasteiger partial charge in [-0.1, -0.05) is 26.0 Å². The number of para-hydroxylation sites is 2. The summed E-state index contributed by atoms with van der Waals surface area (Å²) < 4.78 is 1.82. The first-order valence-electron chi connectivity index (χ1n) is 9.49. The van der Waals surface area contributed by atoms with E-state index in [-0.39, 0.29) is 11.2 Å². The molecule has 3 aromatic heterocycles. The number of nitrogens with zero attached hydrogens (tertiary/aromatic N) is 5. The SMILES string of the molecule is CC1(C)CC(=O)c2cc(-c3nnc4n3-c3nc5ccccc5nc3NN4)[nH]c2C1. The van der Waals surface area contributed by atoms with Crippen LogP contribution in [0.3, 0.4) is 0 Å². The molecular formula is C20H18N8O. The lowest BCUT2D eigenvalue weighted by Gasteiger charge is -2.27. The third-order valence-electron chi connectivity index (χ3n) is 5.45. The highest BCUT2D eigenvalue weighted by molar-refractivity contribution is 6.00. The number of hydrogen-bond donors (Lipinski definition) is 3. The van der Waals surface area contributed by atoms with Crippen molar-refractivity contribution in [3.63, 3.8) is 0 Å². The van der Waals surface area contributed by atoms with Crippen LogP contribution in [0.25, 0.3) is 28.4 Å². The van der Waals surface area contributed by atoms with Crippen LogP contribution in [0.4, 0.5) is 11.8 Å². The summed E-state index contributed by atoms with van der Waals surface area (Å²) in [5, 5.41) is 8.58. The van der Waals surface area contributed by atoms with Gasteiger partial charge in [0.1, 0.15) is 0 Å². The molecule has 1 aromatic carbocycles. The van der Waals surface area contributed by atoms with Gasteiger partial charge >= 0.3 is 0 Å². The quantitative estimate of drug-likeness (QED) is 0.460. The largest absolute Gasteiger partial charge is 0.355 e. The molecule has 4 aromatic rings. The smallest absolute Gasteiger partial charge is 0.249 e. The molecule has 29 heavy (non-hydrogen) atoms. The van der Waals surface area contributed by atoms with Crippen LogP contribution in [0.15, 0.2) is 30.3 Å². The summed E-state index contributed by atoms with van der Waals surface area (Å²) in [7, 11) is 0. The molecule has 0 unspecified atom stereocenters. The summed E-state index contributed by atoms with van der Waals surface area (Å²) in [4.78, 5) is 25.4. The monoisotopic (exact) mass is 386 g/mol. The Kier molecular flexibility index (Phi) is 3.02. The molecule has 1 aliphatic carbocycles. The second kappa shape index (κ2) is 5.40. The predicted octanol–water partition coefficient (Wildman–Crippen LogP) is 3.11. The number of nitrogens with one attached hydrogen (secondary N) is 3. The number of carbonyl (C=O) groups is 1. The first-order valence-corrected chi connectivity index (χ1v) is 9.49. The summed E-state index contributed by atoms with van der Waals surface area (Å²) in [6.45, 7) is 4.22. The van der Waals surface area contributed by atoms with Crippen LogP contribution >= 0.6 is 0 Å².